The molecule has 2 aliphatic carbocycles. The van der Waals surface area contributed by atoms with Crippen molar-refractivity contribution in [2.45, 2.75) is 83.3 Å². The monoisotopic (exact) mass is 490 g/mol. The van der Waals surface area contributed by atoms with Gasteiger partial charge in [0, 0.05) is 10.6 Å². The molecule has 1 N–H and O–H groups in total. The quantitative estimate of drug-likeness (QED) is 0.367. The fourth-order valence-electron chi connectivity index (χ4n) is 5.18. The maximum absolute atomic E-state index is 13.7. The Labute approximate surface area is 211 Å². The summed E-state index contributed by atoms with van der Waals surface area (Å²) in [6, 6.07) is 12.6. The van der Waals surface area contributed by atoms with Gasteiger partial charge in [0.15, 0.2) is 5.78 Å². The average molecular weight is 491 g/mol. The highest BCUT2D eigenvalue weighted by Gasteiger charge is 2.34. The molecule has 3 aromatic rings. The third-order valence-electron chi connectivity index (χ3n) is 7.10. The smallest absolute Gasteiger partial charge is 0.407 e. The number of pyridine rings is 1. The average Bonchev–Trinajstić information content (AvgIpc) is 3.59. The van der Waals surface area contributed by atoms with Gasteiger partial charge in [-0.15, -0.1) is 11.3 Å². The molecule has 2 heterocycles. The molecule has 0 unspecified atom stereocenters. The third-order valence-corrected chi connectivity index (χ3v) is 8.08. The molecule has 184 valence electrons. The molecule has 0 saturated heterocycles. The van der Waals surface area contributed by atoms with E-state index < -0.39 is 11.7 Å². The summed E-state index contributed by atoms with van der Waals surface area (Å²) in [7, 11) is 0. The van der Waals surface area contributed by atoms with Crippen molar-refractivity contribution in [3.63, 3.8) is 0 Å². The van der Waals surface area contributed by atoms with Gasteiger partial charge in [-0.3, -0.25) is 4.79 Å². The van der Waals surface area contributed by atoms with E-state index in [9.17, 15) is 9.59 Å². The number of alkyl carbamates (subject to hydrolysis) is 1. The summed E-state index contributed by atoms with van der Waals surface area (Å²) in [5.74, 6) is 1.17. The topological polar surface area (TPSA) is 68.3 Å². The van der Waals surface area contributed by atoms with Gasteiger partial charge in [0.1, 0.15) is 11.3 Å². The molecule has 0 aliphatic heterocycles. The van der Waals surface area contributed by atoms with Crippen LogP contribution in [0.3, 0.4) is 0 Å². The number of ketones is 1. The molecule has 2 aromatic heterocycles. The van der Waals surface area contributed by atoms with Crippen LogP contribution in [0.2, 0.25) is 0 Å². The minimum absolute atomic E-state index is 0.0233. The summed E-state index contributed by atoms with van der Waals surface area (Å²) in [5, 5.41) is 6.45. The first-order valence-electron chi connectivity index (χ1n) is 12.8. The second kappa shape index (κ2) is 9.73. The van der Waals surface area contributed by atoms with Crippen molar-refractivity contribution in [3.8, 4) is 0 Å². The fourth-order valence-corrected chi connectivity index (χ4v) is 6.22. The van der Waals surface area contributed by atoms with Gasteiger partial charge in [0.25, 0.3) is 0 Å². The summed E-state index contributed by atoms with van der Waals surface area (Å²) in [4.78, 5) is 30.5. The Morgan fingerprint density at radius 1 is 0.971 bits per heavy atom. The van der Waals surface area contributed by atoms with E-state index in [-0.39, 0.29) is 18.2 Å². The maximum Gasteiger partial charge on any atom is 0.407 e. The number of rotatable bonds is 6. The van der Waals surface area contributed by atoms with Crippen LogP contribution < -0.4 is 5.32 Å². The van der Waals surface area contributed by atoms with Crippen molar-refractivity contribution >= 4 is 33.3 Å². The Balaban J connectivity index is 1.27. The van der Waals surface area contributed by atoms with Crippen LogP contribution in [0.5, 0.6) is 0 Å². The van der Waals surface area contributed by atoms with E-state index in [0.717, 1.165) is 44.1 Å². The minimum atomic E-state index is -0.553. The van der Waals surface area contributed by atoms with Gasteiger partial charge in [-0.2, -0.15) is 0 Å². The van der Waals surface area contributed by atoms with Gasteiger partial charge in [-0.1, -0.05) is 24.3 Å². The summed E-state index contributed by atoms with van der Waals surface area (Å²) < 4.78 is 6.67. The van der Waals surface area contributed by atoms with Crippen molar-refractivity contribution in [3.05, 3.63) is 64.3 Å². The van der Waals surface area contributed by atoms with Crippen LogP contribution in [-0.4, -0.2) is 22.5 Å². The Kier molecular flexibility index (Phi) is 6.67. The van der Waals surface area contributed by atoms with E-state index in [0.29, 0.717) is 23.2 Å². The highest BCUT2D eigenvalue weighted by Crippen LogP contribution is 2.44. The second-order valence-corrected chi connectivity index (χ2v) is 11.9. The molecule has 2 aliphatic rings. The van der Waals surface area contributed by atoms with Crippen LogP contribution in [0.25, 0.3) is 10.1 Å². The van der Waals surface area contributed by atoms with E-state index in [1.165, 1.54) is 15.6 Å². The zero-order valence-corrected chi connectivity index (χ0v) is 21.6. The lowest BCUT2D eigenvalue weighted by molar-refractivity contribution is 0.0523. The van der Waals surface area contributed by atoms with Crippen LogP contribution in [0.1, 0.15) is 98.4 Å². The Morgan fingerprint density at radius 3 is 2.37 bits per heavy atom. The summed E-state index contributed by atoms with van der Waals surface area (Å²) >= 11 is 1.82. The van der Waals surface area contributed by atoms with Gasteiger partial charge in [-0.25, -0.2) is 9.78 Å². The maximum atomic E-state index is 13.7. The normalized spacial score (nSPS) is 20.5. The highest BCUT2D eigenvalue weighted by atomic mass is 32.1. The van der Waals surface area contributed by atoms with Gasteiger partial charge in [0.05, 0.1) is 12.2 Å². The summed E-state index contributed by atoms with van der Waals surface area (Å²) in [6.45, 7) is 5.75. The minimum Gasteiger partial charge on any atom is -0.444 e. The number of nitrogens with one attached hydrogen (secondary N) is 1. The molecule has 1 amide bonds. The zero-order chi connectivity index (χ0) is 24.6. The van der Waals surface area contributed by atoms with Crippen molar-refractivity contribution < 1.29 is 14.3 Å². The van der Waals surface area contributed by atoms with Crippen LogP contribution in [0.15, 0.2) is 41.8 Å². The number of fused-ring (bicyclic) bond motifs is 1. The molecule has 2 saturated carbocycles. The molecule has 6 heteroatoms. The number of benzene rings is 1. The highest BCUT2D eigenvalue weighted by molar-refractivity contribution is 7.17. The zero-order valence-electron chi connectivity index (χ0n) is 20.8. The predicted octanol–water partition coefficient (Wildman–Crippen LogP) is 7.36. The van der Waals surface area contributed by atoms with Crippen LogP contribution >= 0.6 is 11.3 Å². The lowest BCUT2D eigenvalue weighted by atomic mass is 9.76. The first-order chi connectivity index (χ1) is 16.8. The number of Topliss-reactive ketones (excluding diaryl/α,β-unsaturated/α-hetero) is 1. The Hall–Kier alpha value is -2.73. The van der Waals surface area contributed by atoms with Crippen molar-refractivity contribution in [2.75, 3.05) is 0 Å². The van der Waals surface area contributed by atoms with Crippen LogP contribution in [0, 0.1) is 5.92 Å². The Bertz CT molecular complexity index is 1230. The molecule has 2 fully saturated rings. The molecular weight excluding hydrogens is 456 g/mol. The first kappa shape index (κ1) is 24.0. The summed E-state index contributed by atoms with van der Waals surface area (Å²) in [5.41, 5.74) is 3.30. The molecule has 1 aromatic carbocycles. The molecular formula is C29H34N2O3S. The number of amides is 1. The molecule has 35 heavy (non-hydrogen) atoms. The largest absolute Gasteiger partial charge is 0.444 e. The molecule has 0 atom stereocenters. The number of carbonyl (C=O) groups is 2. The SMILES string of the molecule is CC(C)(C)OC(=O)NCc1ccc(C2CC2)c(C(=O)C2CCC(c3csc4ccccc34)CC2)n1. The fraction of sp³-hybridized carbons (Fsp3) is 0.483. The number of hydrogen-bond acceptors (Lipinski definition) is 5. The van der Waals surface area contributed by atoms with E-state index in [1.54, 1.807) is 0 Å². The number of hydrogen-bond donors (Lipinski definition) is 1. The van der Waals surface area contributed by atoms with Gasteiger partial charge < -0.3 is 10.1 Å². The lowest BCUT2D eigenvalue weighted by Crippen LogP contribution is -2.32. The number of carbonyl (C=O) groups excluding carboxylic acids is 2. The number of ether oxygens (including phenoxy) is 1. The number of thiophene rings is 1. The Morgan fingerprint density at radius 2 is 1.66 bits per heavy atom. The van der Waals surface area contributed by atoms with Gasteiger partial charge >= 0.3 is 6.09 Å². The van der Waals surface area contributed by atoms with Crippen molar-refractivity contribution in [2.24, 2.45) is 5.92 Å². The van der Waals surface area contributed by atoms with E-state index in [1.807, 2.05) is 44.2 Å². The van der Waals surface area contributed by atoms with Gasteiger partial charge in [-0.05, 0) is 105 Å². The molecule has 0 spiro atoms. The molecule has 0 bridgehead atoms. The van der Waals surface area contributed by atoms with E-state index >= 15 is 0 Å². The van der Waals surface area contributed by atoms with E-state index in [2.05, 4.69) is 35.0 Å². The number of aromatic nitrogens is 1. The van der Waals surface area contributed by atoms with Crippen molar-refractivity contribution in [1.29, 1.82) is 0 Å². The lowest BCUT2D eigenvalue weighted by Gasteiger charge is -2.28. The van der Waals surface area contributed by atoms with Gasteiger partial charge in [0.2, 0.25) is 0 Å². The number of nitrogens with zero attached hydrogens (tertiary/aromatic N) is 1. The molecule has 5 nitrogen and oxygen atoms in total. The first-order valence-corrected chi connectivity index (χ1v) is 13.6. The van der Waals surface area contributed by atoms with Crippen LogP contribution in [-0.2, 0) is 11.3 Å². The standard InChI is InChI=1S/C29H34N2O3S/c1-29(2,3)34-28(33)30-16-21-14-15-22(18-8-9-18)26(31-21)27(32)20-12-10-19(11-13-20)24-17-35-25-7-5-4-6-23(24)25/h4-7,14-15,17-20H,8-13,16H2,1-3H3,(H,30,33). The van der Waals surface area contributed by atoms with Crippen molar-refractivity contribution in [1.82, 2.24) is 10.3 Å². The van der Waals surface area contributed by atoms with E-state index in [4.69, 9.17) is 9.72 Å². The summed E-state index contributed by atoms with van der Waals surface area (Å²) in [6.07, 6.45) is 5.65. The second-order valence-electron chi connectivity index (χ2n) is 11.0. The molecule has 5 rings (SSSR count). The third kappa shape index (κ3) is 5.58. The van der Waals surface area contributed by atoms with Crippen LogP contribution in [0.4, 0.5) is 4.79 Å². The predicted molar refractivity (Wildman–Crippen MR) is 140 cm³/mol. The molecule has 0 radical (unpaired) electrons.